The number of hydrogen-bond donors (Lipinski definition) is 0. The van der Waals surface area contributed by atoms with Crippen molar-refractivity contribution in [2.45, 2.75) is 24.2 Å². The molecule has 2 heterocycles. The number of carbonyl (C=O) groups is 2. The van der Waals surface area contributed by atoms with E-state index in [1.807, 2.05) is 6.26 Å². The molecular formula is C16H20I5N4O5S2V2. The Labute approximate surface area is 272 Å². The quantitative estimate of drug-likeness (QED) is 0.144. The van der Waals surface area contributed by atoms with Gasteiger partial charge in [0.05, 0.1) is 35.1 Å². The van der Waals surface area contributed by atoms with E-state index >= 15 is 0 Å². The van der Waals surface area contributed by atoms with Crippen LogP contribution in [0.3, 0.4) is 0 Å². The van der Waals surface area contributed by atoms with Gasteiger partial charge in [-0.25, -0.2) is 29.5 Å². The van der Waals surface area contributed by atoms with E-state index in [9.17, 15) is 13.8 Å². The van der Waals surface area contributed by atoms with Crippen LogP contribution in [-0.2, 0) is 34.7 Å². The molecule has 0 radical (unpaired) electrons. The second kappa shape index (κ2) is 25.7. The SMILES string of the molecule is CCOC(=O)c1cnc(S(C)=O)nc1.CCOC(=O)c1cnc(SC)nc1.[I][V]([I])[I].[I][V][I]. The van der Waals surface area contributed by atoms with Crippen molar-refractivity contribution in [3.63, 3.8) is 0 Å². The molecule has 1 unspecified atom stereocenters. The van der Waals surface area contributed by atoms with Gasteiger partial charge in [-0.05, 0) is 20.1 Å². The number of halogens is 5. The predicted molar refractivity (Wildman–Crippen MR) is 170 cm³/mol. The van der Waals surface area contributed by atoms with Crippen molar-refractivity contribution >= 4 is 134 Å². The molecule has 0 aromatic carbocycles. The Kier molecular flexibility index (Phi) is 29.1. The molecule has 18 heteroatoms. The molecule has 0 aliphatic rings. The van der Waals surface area contributed by atoms with E-state index in [1.165, 1.54) is 42.8 Å². The Morgan fingerprint density at radius 2 is 1.26 bits per heavy atom. The zero-order valence-corrected chi connectivity index (χ0v) is 33.4. The van der Waals surface area contributed by atoms with Gasteiger partial charge in [0.15, 0.2) is 5.16 Å². The number of esters is 2. The van der Waals surface area contributed by atoms with Crippen LogP contribution in [0.5, 0.6) is 0 Å². The molecule has 0 amide bonds. The summed E-state index contributed by atoms with van der Waals surface area (Å²) >= 11 is 13.6. The van der Waals surface area contributed by atoms with E-state index in [2.05, 4.69) is 120 Å². The van der Waals surface area contributed by atoms with Crippen molar-refractivity contribution in [2.24, 2.45) is 0 Å². The summed E-state index contributed by atoms with van der Waals surface area (Å²) in [5.41, 5.74) is 0.653. The first kappa shape index (κ1) is 38.6. The van der Waals surface area contributed by atoms with E-state index in [0.29, 0.717) is 33.4 Å². The Morgan fingerprint density at radius 3 is 1.53 bits per heavy atom. The van der Waals surface area contributed by atoms with Crippen LogP contribution in [-0.4, -0.2) is 61.8 Å². The molecule has 0 spiro atoms. The maximum atomic E-state index is 11.1. The first-order valence-corrected chi connectivity index (χ1v) is 33.9. The van der Waals surface area contributed by atoms with E-state index in [4.69, 9.17) is 9.47 Å². The Bertz CT molecular complexity index is 856. The maximum absolute atomic E-state index is 11.1. The normalized spacial score (nSPS) is 10.2. The molecule has 0 bridgehead atoms. The third-order valence-electron chi connectivity index (χ3n) is 2.72. The number of hydrogen-bond acceptors (Lipinski definition) is 10. The molecule has 2 rings (SSSR count). The van der Waals surface area contributed by atoms with Gasteiger partial charge in [-0.15, -0.1) is 0 Å². The number of nitrogens with zero attached hydrogens (tertiary/aromatic N) is 4. The molecule has 0 aliphatic carbocycles. The minimum atomic E-state index is -1.23. The summed E-state index contributed by atoms with van der Waals surface area (Å²) in [6, 6.07) is 0. The zero-order valence-electron chi connectivity index (χ0n) is 18.2. The van der Waals surface area contributed by atoms with E-state index < -0.39 is 16.8 Å². The number of thioether (sulfide) groups is 1. The van der Waals surface area contributed by atoms with Crippen molar-refractivity contribution in [1.82, 2.24) is 19.9 Å². The summed E-state index contributed by atoms with van der Waals surface area (Å²) in [6.45, 7) is 4.15. The zero-order chi connectivity index (χ0) is 26.5. The summed E-state index contributed by atoms with van der Waals surface area (Å²) in [5, 5.41) is 0.853. The van der Waals surface area contributed by atoms with Gasteiger partial charge in [0.25, 0.3) is 0 Å². The van der Waals surface area contributed by atoms with Gasteiger partial charge in [-0.2, -0.15) is 0 Å². The van der Waals surface area contributed by atoms with Gasteiger partial charge < -0.3 is 9.47 Å². The fourth-order valence-corrected chi connectivity index (χ4v) is 2.24. The Balaban J connectivity index is 0. The Hall–Kier alpha value is 2.42. The third kappa shape index (κ3) is 21.4. The average Bonchev–Trinajstić information content (AvgIpc) is 2.80. The van der Waals surface area contributed by atoms with Crippen LogP contribution in [0.25, 0.3) is 0 Å². The van der Waals surface area contributed by atoms with E-state index in [0.717, 1.165) is 0 Å². The van der Waals surface area contributed by atoms with Gasteiger partial charge in [0, 0.05) is 31.0 Å². The summed E-state index contributed by atoms with van der Waals surface area (Å²) in [4.78, 5) is 37.4. The van der Waals surface area contributed by atoms with E-state index in [-0.39, 0.29) is 21.6 Å². The standard InChI is InChI=1S/C8H10N2O3S.C8H10N2O2S.5HI.2V/c1-3-13-7(11)6-4-9-8(10-5-6)14(2)12;1-3-12-7(11)6-4-9-8(13-2)10-5-6;;;;;;;/h4-5H,3H2,1-2H3;4-5H,3H2,1-2H3;5*1H;;/q;;;;;;;+2;+3/p-5. The van der Waals surface area contributed by atoms with Crippen LogP contribution in [0, 0.1) is 0 Å². The van der Waals surface area contributed by atoms with Crippen molar-refractivity contribution in [1.29, 1.82) is 0 Å². The van der Waals surface area contributed by atoms with Gasteiger partial charge in [0.2, 0.25) is 5.16 Å². The molecule has 1 atom stereocenters. The molecule has 2 aromatic heterocycles. The molecule has 0 N–H and O–H groups in total. The summed E-state index contributed by atoms with van der Waals surface area (Å²) < 4.78 is 20.4. The van der Waals surface area contributed by atoms with Gasteiger partial charge in [0.1, 0.15) is 0 Å². The van der Waals surface area contributed by atoms with E-state index in [1.54, 1.807) is 13.8 Å². The molecule has 2 aromatic rings. The number of rotatable bonds is 6. The molecule has 0 saturated heterocycles. The predicted octanol–water partition coefficient (Wildman–Crippen LogP) is 6.19. The molecule has 0 saturated carbocycles. The van der Waals surface area contributed by atoms with Crippen LogP contribution in [0.2, 0.25) is 0 Å². The van der Waals surface area contributed by atoms with Gasteiger partial charge >= 0.3 is 126 Å². The summed E-state index contributed by atoms with van der Waals surface area (Å²) in [5.74, 6) is -0.851. The Morgan fingerprint density at radius 1 is 0.941 bits per heavy atom. The molecular weight excluding hydrogens is 1130 g/mol. The van der Waals surface area contributed by atoms with Crippen LogP contribution in [0.1, 0.15) is 34.6 Å². The number of carbonyl (C=O) groups excluding carboxylic acids is 2. The van der Waals surface area contributed by atoms with Gasteiger partial charge in [-0.3, -0.25) is 4.21 Å². The second-order valence-electron chi connectivity index (χ2n) is 4.86. The fraction of sp³-hybridized carbons (Fsp3) is 0.375. The topological polar surface area (TPSA) is 121 Å². The molecule has 0 fully saturated rings. The first-order chi connectivity index (χ1) is 16.1. The molecule has 9 nitrogen and oxygen atoms in total. The molecule has 0 aliphatic heterocycles. The summed E-state index contributed by atoms with van der Waals surface area (Å²) in [6.07, 6.45) is 8.90. The molecule has 34 heavy (non-hydrogen) atoms. The van der Waals surface area contributed by atoms with Gasteiger partial charge in [-0.1, -0.05) is 11.8 Å². The van der Waals surface area contributed by atoms with Crippen LogP contribution < -0.4 is 0 Å². The average molecular weight is 1150 g/mol. The van der Waals surface area contributed by atoms with Crippen molar-refractivity contribution in [3.8, 4) is 0 Å². The van der Waals surface area contributed by atoms with Crippen molar-refractivity contribution in [2.75, 3.05) is 25.7 Å². The van der Waals surface area contributed by atoms with Crippen LogP contribution in [0.15, 0.2) is 35.1 Å². The minimum absolute atomic E-state index is 0.207. The second-order valence-corrected chi connectivity index (χ2v) is 54.1. The van der Waals surface area contributed by atoms with Crippen molar-refractivity contribution in [3.05, 3.63) is 35.9 Å². The third-order valence-corrected chi connectivity index (χ3v) is 4.02. The first-order valence-electron chi connectivity index (χ1n) is 8.63. The number of aromatic nitrogens is 4. The van der Waals surface area contributed by atoms with Crippen LogP contribution >= 0.6 is 112 Å². The number of ether oxygens (including phenoxy) is 2. The summed E-state index contributed by atoms with van der Waals surface area (Å²) in [7, 11) is -0.601. The fourth-order valence-electron chi connectivity index (χ4n) is 1.53. The van der Waals surface area contributed by atoms with Crippen LogP contribution in [0.4, 0.5) is 0 Å². The van der Waals surface area contributed by atoms with Crippen molar-refractivity contribution < 1.29 is 37.7 Å². The molecule has 191 valence electrons. The monoisotopic (exact) mass is 1150 g/mol.